The lowest BCUT2D eigenvalue weighted by atomic mass is 9.88. The number of carbonyl (C=O) groups excluding carboxylic acids is 1. The van der Waals surface area contributed by atoms with Gasteiger partial charge in [0.1, 0.15) is 0 Å². The highest BCUT2D eigenvalue weighted by molar-refractivity contribution is 8.30. The second kappa shape index (κ2) is 13.6. The van der Waals surface area contributed by atoms with Gasteiger partial charge in [-0.2, -0.15) is 0 Å². The van der Waals surface area contributed by atoms with Crippen molar-refractivity contribution in [3.05, 3.63) is 200 Å². The largest absolute Gasteiger partial charge is 0.402 e. The number of carbonyl (C=O) groups is 1. The molecule has 53 heavy (non-hydrogen) atoms. The molecule has 0 heterocycles. The van der Waals surface area contributed by atoms with Crippen LogP contribution >= 0.6 is 10.3 Å². The smallest absolute Gasteiger partial charge is 0.313 e. The van der Waals surface area contributed by atoms with Crippen molar-refractivity contribution >= 4 is 48.6 Å². The van der Waals surface area contributed by atoms with Gasteiger partial charge >= 0.3 is 5.97 Å². The van der Waals surface area contributed by atoms with E-state index in [1.807, 2.05) is 36.4 Å². The lowest BCUT2D eigenvalue weighted by Gasteiger charge is -2.42. The number of benzene rings is 9. The molecule has 0 aliphatic carbocycles. The maximum Gasteiger partial charge on any atom is 0.313 e. The molecule has 9 rings (SSSR count). The minimum atomic E-state index is -2.72. The summed E-state index contributed by atoms with van der Waals surface area (Å²) in [5, 5.41) is 6.91. The van der Waals surface area contributed by atoms with Crippen molar-refractivity contribution in [3.8, 4) is 33.4 Å². The predicted molar refractivity (Wildman–Crippen MR) is 222 cm³/mol. The third-order valence-electron chi connectivity index (χ3n) is 10.0. The van der Waals surface area contributed by atoms with Crippen LogP contribution in [0, 0.1) is 0 Å². The van der Waals surface area contributed by atoms with Gasteiger partial charge in [0.2, 0.25) is 0 Å². The molecular formula is C50H36O2S. The normalized spacial score (nSPS) is 11.9. The van der Waals surface area contributed by atoms with Gasteiger partial charge in [-0.3, -0.25) is 4.79 Å². The summed E-state index contributed by atoms with van der Waals surface area (Å²) in [6, 6.07) is 70.6. The minimum absolute atomic E-state index is 0.335. The Morgan fingerprint density at radius 3 is 1.19 bits per heavy atom. The standard InChI is InChI=1S/C50H36O2S/c1-35(51)52-53(40-23-4-2-5-24-40,41-25-6-3-7-26-41)50-48(46-31-15-21-37-18-9-12-28-43(37)46)33-39(45-30-14-20-36-17-8-11-27-42(36)45)34-49(50)47-32-16-22-38-19-10-13-29-44(38)47/h2-34H,1H3. The maximum absolute atomic E-state index is 13.7. The second-order valence-corrected chi connectivity index (χ2v) is 15.9. The van der Waals surface area contributed by atoms with Crippen LogP contribution in [0.1, 0.15) is 6.92 Å². The Balaban J connectivity index is 1.55. The Bertz CT molecular complexity index is 2630. The molecule has 3 heteroatoms. The molecule has 0 saturated carbocycles. The van der Waals surface area contributed by atoms with Gasteiger partial charge in [-0.15, -0.1) is 0 Å². The highest BCUT2D eigenvalue weighted by atomic mass is 32.3. The Labute approximate surface area is 311 Å². The molecular weight excluding hydrogens is 665 g/mol. The topological polar surface area (TPSA) is 26.3 Å². The van der Waals surface area contributed by atoms with Gasteiger partial charge in [-0.25, -0.2) is 0 Å². The molecule has 0 radical (unpaired) electrons. The lowest BCUT2D eigenvalue weighted by Crippen LogP contribution is -2.14. The van der Waals surface area contributed by atoms with E-state index in [1.165, 1.54) is 17.7 Å². The summed E-state index contributed by atoms with van der Waals surface area (Å²) in [4.78, 5) is 16.6. The van der Waals surface area contributed by atoms with Crippen molar-refractivity contribution < 1.29 is 8.98 Å². The summed E-state index contributed by atoms with van der Waals surface area (Å²) in [6.07, 6.45) is 0. The molecule has 254 valence electrons. The van der Waals surface area contributed by atoms with E-state index in [-0.39, 0.29) is 5.97 Å². The maximum atomic E-state index is 13.7. The van der Waals surface area contributed by atoms with Crippen LogP contribution in [0.2, 0.25) is 0 Å². The highest BCUT2D eigenvalue weighted by Crippen LogP contribution is 2.73. The van der Waals surface area contributed by atoms with Crippen LogP contribution in [0.25, 0.3) is 65.7 Å². The zero-order chi connectivity index (χ0) is 35.8. The number of fused-ring (bicyclic) bond motifs is 3. The molecule has 9 aromatic carbocycles. The van der Waals surface area contributed by atoms with Crippen LogP contribution in [-0.2, 0) is 8.98 Å². The van der Waals surface area contributed by atoms with Crippen molar-refractivity contribution in [2.45, 2.75) is 21.6 Å². The summed E-state index contributed by atoms with van der Waals surface area (Å²) >= 11 is 0. The van der Waals surface area contributed by atoms with Crippen molar-refractivity contribution in [2.24, 2.45) is 0 Å². The van der Waals surface area contributed by atoms with E-state index in [9.17, 15) is 4.79 Å². The summed E-state index contributed by atoms with van der Waals surface area (Å²) in [7, 11) is -2.72. The van der Waals surface area contributed by atoms with Crippen molar-refractivity contribution in [3.63, 3.8) is 0 Å². The average molecular weight is 701 g/mol. The first-order chi connectivity index (χ1) is 26.1. The van der Waals surface area contributed by atoms with E-state index in [0.29, 0.717) is 0 Å². The summed E-state index contributed by atoms with van der Waals surface area (Å²) in [5.74, 6) is -0.335. The zero-order valence-electron chi connectivity index (χ0n) is 29.3. The fraction of sp³-hybridized carbons (Fsp3) is 0.0200. The summed E-state index contributed by atoms with van der Waals surface area (Å²) in [6.45, 7) is 1.54. The SMILES string of the molecule is CC(=O)OS(c1ccccc1)(c1ccccc1)c1c(-c2cccc3ccccc23)cc(-c2cccc3ccccc23)cc1-c1cccc2ccccc12. The first-order valence-corrected chi connectivity index (χ1v) is 19.4. The van der Waals surface area contributed by atoms with Crippen LogP contribution in [0.15, 0.2) is 215 Å². The van der Waals surface area contributed by atoms with Gasteiger partial charge in [0.15, 0.2) is 0 Å². The van der Waals surface area contributed by atoms with Crippen LogP contribution in [0.4, 0.5) is 0 Å². The molecule has 0 aliphatic rings. The highest BCUT2D eigenvalue weighted by Gasteiger charge is 2.40. The van der Waals surface area contributed by atoms with Gasteiger partial charge in [-0.05, 0) is 112 Å². The van der Waals surface area contributed by atoms with Gasteiger partial charge < -0.3 is 4.18 Å². The molecule has 0 fully saturated rings. The molecule has 2 nitrogen and oxygen atoms in total. The third-order valence-corrected chi connectivity index (χ3v) is 13.4. The van der Waals surface area contributed by atoms with Crippen LogP contribution in [0.3, 0.4) is 0 Å². The van der Waals surface area contributed by atoms with E-state index in [2.05, 4.69) is 164 Å². The Morgan fingerprint density at radius 1 is 0.396 bits per heavy atom. The first kappa shape index (κ1) is 32.5. The van der Waals surface area contributed by atoms with Crippen molar-refractivity contribution in [2.75, 3.05) is 0 Å². The molecule has 0 saturated heterocycles. The monoisotopic (exact) mass is 700 g/mol. The fourth-order valence-electron chi connectivity index (χ4n) is 7.80. The Kier molecular flexibility index (Phi) is 8.34. The number of hydrogen-bond acceptors (Lipinski definition) is 2. The Hall–Kier alpha value is -6.42. The molecule has 0 spiro atoms. The summed E-state index contributed by atoms with van der Waals surface area (Å²) < 4.78 is 7.00. The van der Waals surface area contributed by atoms with Gasteiger partial charge in [0.05, 0.1) is 0 Å². The molecule has 0 N–H and O–H groups in total. The quantitative estimate of drug-likeness (QED) is 0.165. The molecule has 0 unspecified atom stereocenters. The number of rotatable bonds is 7. The van der Waals surface area contributed by atoms with Crippen LogP contribution < -0.4 is 0 Å². The van der Waals surface area contributed by atoms with Crippen molar-refractivity contribution in [1.29, 1.82) is 0 Å². The van der Waals surface area contributed by atoms with Crippen LogP contribution in [-0.4, -0.2) is 5.97 Å². The van der Waals surface area contributed by atoms with Crippen molar-refractivity contribution in [1.82, 2.24) is 0 Å². The van der Waals surface area contributed by atoms with Crippen LogP contribution in [0.5, 0.6) is 0 Å². The van der Waals surface area contributed by atoms with Gasteiger partial charge in [0.25, 0.3) is 0 Å². The molecule has 0 aromatic heterocycles. The third kappa shape index (κ3) is 5.67. The molecule has 0 atom stereocenters. The Morgan fingerprint density at radius 2 is 0.755 bits per heavy atom. The first-order valence-electron chi connectivity index (χ1n) is 17.9. The van der Waals surface area contributed by atoms with E-state index >= 15 is 0 Å². The molecule has 0 amide bonds. The lowest BCUT2D eigenvalue weighted by molar-refractivity contribution is -0.131. The van der Waals surface area contributed by atoms with E-state index in [4.69, 9.17) is 4.18 Å². The molecule has 0 aliphatic heterocycles. The average Bonchev–Trinajstić information content (AvgIpc) is 3.22. The van der Waals surface area contributed by atoms with Gasteiger partial charge in [0, 0.05) is 21.6 Å². The molecule has 9 aromatic rings. The predicted octanol–water partition coefficient (Wildman–Crippen LogP) is 13.9. The second-order valence-electron chi connectivity index (χ2n) is 13.2. The van der Waals surface area contributed by atoms with E-state index < -0.39 is 10.3 Å². The van der Waals surface area contributed by atoms with Gasteiger partial charge in [-0.1, -0.05) is 164 Å². The summed E-state index contributed by atoms with van der Waals surface area (Å²) in [5.41, 5.74) is 6.45. The van der Waals surface area contributed by atoms with E-state index in [1.54, 1.807) is 0 Å². The fourth-order valence-corrected chi connectivity index (χ4v) is 11.2. The minimum Gasteiger partial charge on any atom is -0.402 e. The molecule has 0 bridgehead atoms. The zero-order valence-corrected chi connectivity index (χ0v) is 30.1. The van der Waals surface area contributed by atoms with E-state index in [0.717, 1.165) is 69.6 Å². The number of hydrogen-bond donors (Lipinski definition) is 0.